The van der Waals surface area contributed by atoms with E-state index in [9.17, 15) is 14.7 Å². The monoisotopic (exact) mass is 394 g/mol. The maximum absolute atomic E-state index is 12.3. The lowest BCUT2D eigenvalue weighted by atomic mass is 9.98. The normalized spacial score (nSPS) is 11.9. The summed E-state index contributed by atoms with van der Waals surface area (Å²) < 4.78 is 7.35. The van der Waals surface area contributed by atoms with Crippen LogP contribution in [0.15, 0.2) is 54.7 Å². The average Bonchev–Trinajstić information content (AvgIpc) is 3.05. The lowest BCUT2D eigenvalue weighted by molar-refractivity contribution is -0.141. The molecule has 3 aromatic rings. The number of hydrogen-bond donors (Lipinski definition) is 2. The van der Waals surface area contributed by atoms with Gasteiger partial charge in [-0.25, -0.2) is 0 Å². The van der Waals surface area contributed by atoms with Gasteiger partial charge in [0.15, 0.2) is 0 Å². The second-order valence-corrected chi connectivity index (χ2v) is 7.14. The highest BCUT2D eigenvalue weighted by molar-refractivity contribution is 5.85. The van der Waals surface area contributed by atoms with Gasteiger partial charge in [0.05, 0.1) is 13.0 Å². The maximum Gasteiger partial charge on any atom is 0.308 e. The van der Waals surface area contributed by atoms with Crippen molar-refractivity contribution >= 4 is 22.8 Å². The van der Waals surface area contributed by atoms with Crippen molar-refractivity contribution in [3.8, 4) is 5.75 Å². The zero-order valence-corrected chi connectivity index (χ0v) is 16.7. The molecular formula is C23H26N2O4. The quantitative estimate of drug-likeness (QED) is 0.584. The first-order chi connectivity index (χ1) is 14.0. The molecular weight excluding hydrogens is 368 g/mol. The highest BCUT2D eigenvalue weighted by atomic mass is 16.5. The zero-order chi connectivity index (χ0) is 20.8. The van der Waals surface area contributed by atoms with Gasteiger partial charge >= 0.3 is 5.97 Å². The lowest BCUT2D eigenvalue weighted by Crippen LogP contribution is -2.34. The Kier molecular flexibility index (Phi) is 6.54. The number of aryl methyl sites for hydroxylation is 2. The van der Waals surface area contributed by atoms with Crippen molar-refractivity contribution < 1.29 is 19.4 Å². The maximum atomic E-state index is 12.3. The standard InChI is InChI=1S/C23H26N2O4/c1-25-15-17(19-8-4-5-9-20(19)25)11-12-22(26)24-14-18(23(27)28)13-16-7-3-6-10-21(16)29-2/h3-10,15,18H,11-14H2,1-2H3,(H,24,26)(H,27,28). The Hall–Kier alpha value is -3.28. The molecule has 6 nitrogen and oxygen atoms in total. The van der Waals surface area contributed by atoms with Crippen LogP contribution in [0.25, 0.3) is 10.9 Å². The van der Waals surface area contributed by atoms with Crippen molar-refractivity contribution in [1.82, 2.24) is 9.88 Å². The second kappa shape index (κ2) is 9.28. The molecule has 3 rings (SSSR count). The summed E-state index contributed by atoms with van der Waals surface area (Å²) in [5, 5.41) is 13.5. The molecule has 6 heteroatoms. The number of benzene rings is 2. The van der Waals surface area contributed by atoms with E-state index in [2.05, 4.69) is 16.0 Å². The van der Waals surface area contributed by atoms with Crippen LogP contribution in [0.3, 0.4) is 0 Å². The van der Waals surface area contributed by atoms with Crippen LogP contribution in [0.1, 0.15) is 17.5 Å². The number of carbonyl (C=O) groups is 2. The van der Waals surface area contributed by atoms with E-state index in [1.165, 1.54) is 0 Å². The van der Waals surface area contributed by atoms with E-state index >= 15 is 0 Å². The van der Waals surface area contributed by atoms with Crippen LogP contribution in [0.5, 0.6) is 5.75 Å². The predicted molar refractivity (Wildman–Crippen MR) is 112 cm³/mol. The minimum Gasteiger partial charge on any atom is -0.496 e. The Morgan fingerprint density at radius 3 is 2.59 bits per heavy atom. The number of para-hydroxylation sites is 2. The molecule has 0 aliphatic carbocycles. The Bertz CT molecular complexity index is 1010. The number of rotatable bonds is 9. The molecule has 1 heterocycles. The number of carboxylic acid groups (broad SMARTS) is 1. The van der Waals surface area contributed by atoms with Crippen LogP contribution in [-0.2, 0) is 29.5 Å². The highest BCUT2D eigenvalue weighted by Crippen LogP contribution is 2.22. The van der Waals surface area contributed by atoms with Gasteiger partial charge in [-0.3, -0.25) is 9.59 Å². The number of carbonyl (C=O) groups excluding carboxylic acids is 1. The number of amides is 1. The summed E-state index contributed by atoms with van der Waals surface area (Å²) >= 11 is 0. The average molecular weight is 394 g/mol. The fourth-order valence-corrected chi connectivity index (χ4v) is 3.58. The van der Waals surface area contributed by atoms with Gasteiger partial charge in [-0.2, -0.15) is 0 Å². The van der Waals surface area contributed by atoms with Gasteiger partial charge in [0, 0.05) is 37.1 Å². The summed E-state index contributed by atoms with van der Waals surface area (Å²) in [5.41, 5.74) is 3.06. The summed E-state index contributed by atoms with van der Waals surface area (Å²) in [4.78, 5) is 24.0. The van der Waals surface area contributed by atoms with Crippen molar-refractivity contribution in [2.75, 3.05) is 13.7 Å². The smallest absolute Gasteiger partial charge is 0.308 e. The number of fused-ring (bicyclic) bond motifs is 1. The molecule has 2 aromatic carbocycles. The molecule has 152 valence electrons. The minimum absolute atomic E-state index is 0.0851. The zero-order valence-electron chi connectivity index (χ0n) is 16.7. The number of methoxy groups -OCH3 is 1. The number of aliphatic carboxylic acids is 1. The first-order valence-electron chi connectivity index (χ1n) is 9.64. The van der Waals surface area contributed by atoms with Gasteiger partial charge < -0.3 is 19.7 Å². The van der Waals surface area contributed by atoms with Crippen molar-refractivity contribution in [2.45, 2.75) is 19.3 Å². The van der Waals surface area contributed by atoms with Gasteiger partial charge in [0.2, 0.25) is 5.91 Å². The van der Waals surface area contributed by atoms with E-state index in [-0.39, 0.29) is 12.5 Å². The summed E-state index contributed by atoms with van der Waals surface area (Å²) in [6.07, 6.45) is 3.26. The molecule has 0 radical (unpaired) electrons. The minimum atomic E-state index is -0.940. The van der Waals surface area contributed by atoms with Crippen molar-refractivity contribution in [3.05, 3.63) is 65.9 Å². The number of carboxylic acids is 1. The SMILES string of the molecule is COc1ccccc1CC(CNC(=O)CCc1cn(C)c2ccccc12)C(=O)O. The van der Waals surface area contributed by atoms with Gasteiger partial charge in [-0.05, 0) is 36.1 Å². The lowest BCUT2D eigenvalue weighted by Gasteiger charge is -2.15. The molecule has 29 heavy (non-hydrogen) atoms. The van der Waals surface area contributed by atoms with E-state index in [1.807, 2.05) is 49.6 Å². The van der Waals surface area contributed by atoms with E-state index < -0.39 is 11.9 Å². The molecule has 2 N–H and O–H groups in total. The van der Waals surface area contributed by atoms with Crippen LogP contribution in [0.2, 0.25) is 0 Å². The molecule has 0 aliphatic rings. The van der Waals surface area contributed by atoms with Crippen LogP contribution < -0.4 is 10.1 Å². The third kappa shape index (κ3) is 4.96. The van der Waals surface area contributed by atoms with Gasteiger partial charge in [-0.1, -0.05) is 36.4 Å². The number of ether oxygens (including phenoxy) is 1. The molecule has 0 saturated heterocycles. The third-order valence-corrected chi connectivity index (χ3v) is 5.15. The first-order valence-corrected chi connectivity index (χ1v) is 9.64. The van der Waals surface area contributed by atoms with Crippen molar-refractivity contribution in [1.29, 1.82) is 0 Å². The topological polar surface area (TPSA) is 80.6 Å². The van der Waals surface area contributed by atoms with E-state index in [4.69, 9.17) is 4.74 Å². The fraction of sp³-hybridized carbons (Fsp3) is 0.304. The third-order valence-electron chi connectivity index (χ3n) is 5.15. The van der Waals surface area contributed by atoms with E-state index in [0.29, 0.717) is 25.0 Å². The molecule has 0 spiro atoms. The number of nitrogens with one attached hydrogen (secondary N) is 1. The van der Waals surface area contributed by atoms with Crippen LogP contribution in [0.4, 0.5) is 0 Å². The molecule has 1 unspecified atom stereocenters. The Labute approximate surface area is 170 Å². The molecule has 0 aliphatic heterocycles. The first kappa shape index (κ1) is 20.5. The fourth-order valence-electron chi connectivity index (χ4n) is 3.58. The molecule has 1 amide bonds. The Balaban J connectivity index is 1.57. The van der Waals surface area contributed by atoms with Gasteiger partial charge in [0.1, 0.15) is 5.75 Å². The van der Waals surface area contributed by atoms with Gasteiger partial charge in [-0.15, -0.1) is 0 Å². The molecule has 0 bridgehead atoms. The van der Waals surface area contributed by atoms with Crippen molar-refractivity contribution in [2.24, 2.45) is 13.0 Å². The Morgan fingerprint density at radius 2 is 1.83 bits per heavy atom. The Morgan fingerprint density at radius 1 is 1.10 bits per heavy atom. The van der Waals surface area contributed by atoms with Gasteiger partial charge in [0.25, 0.3) is 0 Å². The molecule has 1 atom stereocenters. The highest BCUT2D eigenvalue weighted by Gasteiger charge is 2.20. The summed E-state index contributed by atoms with van der Waals surface area (Å²) in [6, 6.07) is 15.4. The number of hydrogen-bond acceptors (Lipinski definition) is 3. The molecule has 1 aromatic heterocycles. The number of nitrogens with zero attached hydrogens (tertiary/aromatic N) is 1. The summed E-state index contributed by atoms with van der Waals surface area (Å²) in [5.74, 6) is -1.15. The van der Waals surface area contributed by atoms with E-state index in [1.54, 1.807) is 13.2 Å². The summed E-state index contributed by atoms with van der Waals surface area (Å²) in [6.45, 7) is 0.0851. The van der Waals surface area contributed by atoms with Crippen LogP contribution in [-0.4, -0.2) is 35.2 Å². The van der Waals surface area contributed by atoms with Crippen molar-refractivity contribution in [3.63, 3.8) is 0 Å². The summed E-state index contributed by atoms with van der Waals surface area (Å²) in [7, 11) is 3.55. The second-order valence-electron chi connectivity index (χ2n) is 7.14. The van der Waals surface area contributed by atoms with Crippen LogP contribution in [0, 0.1) is 5.92 Å². The molecule has 0 fully saturated rings. The largest absolute Gasteiger partial charge is 0.496 e. The van der Waals surface area contributed by atoms with Crippen LogP contribution >= 0.6 is 0 Å². The predicted octanol–water partition coefficient (Wildman–Crippen LogP) is 3.18. The molecule has 0 saturated carbocycles. The van der Waals surface area contributed by atoms with E-state index in [0.717, 1.165) is 22.0 Å². The number of aromatic nitrogens is 1.